The molecule has 0 saturated heterocycles. The maximum Gasteiger partial charge on any atom is 0.109 e. The average Bonchev–Trinajstić information content (AvgIpc) is 2.01. The van der Waals surface area contributed by atoms with E-state index in [4.69, 9.17) is 4.84 Å². The molecule has 0 heterocycles. The van der Waals surface area contributed by atoms with Crippen LogP contribution in [-0.4, -0.2) is 31.4 Å². The molecule has 0 atom stereocenters. The third kappa shape index (κ3) is 3.68. The maximum absolute atomic E-state index is 5.41. The Morgan fingerprint density at radius 1 is 1.09 bits per heavy atom. The summed E-state index contributed by atoms with van der Waals surface area (Å²) in [4.78, 5) is 5.41. The standard InChI is InChI=1S/C8H20NO.FH/c1-5-8-9(6-2,7-3)10-4;/h5-8H2,1-4H3;1H/q+1;/p-1. The van der Waals surface area contributed by atoms with Crippen LogP contribution in [0.4, 0.5) is 0 Å². The van der Waals surface area contributed by atoms with E-state index in [0.717, 1.165) is 24.3 Å². The van der Waals surface area contributed by atoms with Gasteiger partial charge in [0.15, 0.2) is 0 Å². The Bertz CT molecular complexity index is 75.9. The van der Waals surface area contributed by atoms with Gasteiger partial charge in [-0.1, -0.05) is 6.92 Å². The fourth-order valence-corrected chi connectivity index (χ4v) is 1.30. The van der Waals surface area contributed by atoms with Crippen molar-refractivity contribution < 1.29 is 14.2 Å². The van der Waals surface area contributed by atoms with Gasteiger partial charge in [-0.2, -0.15) is 4.65 Å². The zero-order chi connectivity index (χ0) is 8.04. The molecule has 0 aromatic rings. The molecule has 0 saturated carbocycles. The minimum absolute atomic E-state index is 0. The van der Waals surface area contributed by atoms with Crippen molar-refractivity contribution >= 4 is 0 Å². The van der Waals surface area contributed by atoms with Gasteiger partial charge >= 0.3 is 0 Å². The average molecular weight is 165 g/mol. The van der Waals surface area contributed by atoms with Crippen LogP contribution < -0.4 is 4.70 Å². The summed E-state index contributed by atoms with van der Waals surface area (Å²) in [5.74, 6) is 0. The van der Waals surface area contributed by atoms with Crippen LogP contribution in [0.1, 0.15) is 27.2 Å². The van der Waals surface area contributed by atoms with Gasteiger partial charge in [0.05, 0.1) is 7.11 Å². The smallest absolute Gasteiger partial charge is 0.109 e. The van der Waals surface area contributed by atoms with Crippen LogP contribution in [-0.2, 0) is 4.84 Å². The van der Waals surface area contributed by atoms with Crippen molar-refractivity contribution in [3.63, 3.8) is 0 Å². The fourth-order valence-electron chi connectivity index (χ4n) is 1.30. The van der Waals surface area contributed by atoms with E-state index in [9.17, 15) is 0 Å². The third-order valence-electron chi connectivity index (χ3n) is 2.17. The van der Waals surface area contributed by atoms with E-state index in [1.165, 1.54) is 6.42 Å². The molecule has 0 spiro atoms. The van der Waals surface area contributed by atoms with E-state index in [2.05, 4.69) is 20.8 Å². The third-order valence-corrected chi connectivity index (χ3v) is 2.17. The Hall–Kier alpha value is -0.150. The number of hydrogen-bond donors (Lipinski definition) is 0. The van der Waals surface area contributed by atoms with Gasteiger partial charge in [-0.05, 0) is 20.3 Å². The predicted molar refractivity (Wildman–Crippen MR) is 43.5 cm³/mol. The number of nitrogens with zero attached hydrogens (tertiary/aromatic N) is 1. The van der Waals surface area contributed by atoms with Crippen molar-refractivity contribution in [1.29, 1.82) is 0 Å². The van der Waals surface area contributed by atoms with Crippen molar-refractivity contribution in [3.05, 3.63) is 0 Å². The summed E-state index contributed by atoms with van der Waals surface area (Å²) in [5.41, 5.74) is 0. The van der Waals surface area contributed by atoms with Gasteiger partial charge in [-0.25, -0.2) is 4.84 Å². The lowest BCUT2D eigenvalue weighted by atomic mass is 10.4. The van der Waals surface area contributed by atoms with Gasteiger partial charge < -0.3 is 4.70 Å². The molecule has 0 unspecified atom stereocenters. The predicted octanol–water partition coefficient (Wildman–Crippen LogP) is -1.18. The summed E-state index contributed by atoms with van der Waals surface area (Å²) >= 11 is 0. The molecule has 0 aromatic heterocycles. The highest BCUT2D eigenvalue weighted by molar-refractivity contribution is 4.27. The van der Waals surface area contributed by atoms with E-state index in [-0.39, 0.29) is 4.70 Å². The van der Waals surface area contributed by atoms with Crippen molar-refractivity contribution in [2.75, 3.05) is 26.7 Å². The van der Waals surface area contributed by atoms with E-state index < -0.39 is 0 Å². The number of hydroxylamine groups is 3. The molecular formula is C8H20FNO. The Kier molecular flexibility index (Phi) is 8.01. The zero-order valence-electron chi connectivity index (χ0n) is 8.06. The first-order valence-electron chi connectivity index (χ1n) is 4.16. The van der Waals surface area contributed by atoms with Crippen LogP contribution in [0.15, 0.2) is 0 Å². The zero-order valence-corrected chi connectivity index (χ0v) is 8.06. The molecule has 0 fully saturated rings. The van der Waals surface area contributed by atoms with Crippen molar-refractivity contribution in [2.24, 2.45) is 0 Å². The van der Waals surface area contributed by atoms with Gasteiger partial charge in [0.2, 0.25) is 0 Å². The lowest BCUT2D eigenvalue weighted by molar-refractivity contribution is -1.10. The molecule has 0 rings (SSSR count). The first kappa shape index (κ1) is 13.4. The number of quaternary nitrogens is 1. The highest BCUT2D eigenvalue weighted by Crippen LogP contribution is 2.06. The van der Waals surface area contributed by atoms with E-state index in [1.54, 1.807) is 7.11 Å². The summed E-state index contributed by atoms with van der Waals surface area (Å²) in [7, 11) is 1.79. The van der Waals surface area contributed by atoms with Gasteiger partial charge in [0.1, 0.15) is 19.6 Å². The summed E-state index contributed by atoms with van der Waals surface area (Å²) in [6.45, 7) is 9.80. The number of hydrogen-bond acceptors (Lipinski definition) is 1. The molecule has 3 heteroatoms. The Labute approximate surface area is 69.1 Å². The molecule has 0 aliphatic heterocycles. The van der Waals surface area contributed by atoms with Crippen LogP contribution in [0.3, 0.4) is 0 Å². The minimum atomic E-state index is 0. The quantitative estimate of drug-likeness (QED) is 0.368. The Balaban J connectivity index is 0. The molecule has 0 radical (unpaired) electrons. The minimum Gasteiger partial charge on any atom is -1.00 e. The van der Waals surface area contributed by atoms with Gasteiger partial charge in [0, 0.05) is 0 Å². The van der Waals surface area contributed by atoms with Gasteiger partial charge in [0.25, 0.3) is 0 Å². The fraction of sp³-hybridized carbons (Fsp3) is 1.00. The molecule has 0 aromatic carbocycles. The first-order valence-corrected chi connectivity index (χ1v) is 4.16. The molecule has 70 valence electrons. The van der Waals surface area contributed by atoms with Crippen LogP contribution >= 0.6 is 0 Å². The molecule has 0 N–H and O–H groups in total. The highest BCUT2D eigenvalue weighted by Gasteiger charge is 2.21. The maximum atomic E-state index is 5.41. The largest absolute Gasteiger partial charge is 1.00 e. The Morgan fingerprint density at radius 2 is 1.55 bits per heavy atom. The Morgan fingerprint density at radius 3 is 1.64 bits per heavy atom. The molecule has 0 bridgehead atoms. The SMILES string of the molecule is CCC[N+](CC)(CC)OC.[F-]. The summed E-state index contributed by atoms with van der Waals surface area (Å²) in [5, 5.41) is 0. The first-order chi connectivity index (χ1) is 4.74. The number of rotatable bonds is 5. The monoisotopic (exact) mass is 165 g/mol. The van der Waals surface area contributed by atoms with E-state index in [1.807, 2.05) is 0 Å². The summed E-state index contributed by atoms with van der Waals surface area (Å²) in [6, 6.07) is 0. The van der Waals surface area contributed by atoms with E-state index >= 15 is 0 Å². The second-order valence-electron chi connectivity index (χ2n) is 2.60. The van der Waals surface area contributed by atoms with Crippen molar-refractivity contribution in [1.82, 2.24) is 0 Å². The molecule has 11 heavy (non-hydrogen) atoms. The molecule has 0 aliphatic carbocycles. The lowest BCUT2D eigenvalue weighted by Crippen LogP contribution is -3.00. The van der Waals surface area contributed by atoms with Crippen LogP contribution in [0, 0.1) is 0 Å². The summed E-state index contributed by atoms with van der Waals surface area (Å²) in [6.07, 6.45) is 1.19. The molecular weight excluding hydrogens is 145 g/mol. The molecule has 0 amide bonds. The topological polar surface area (TPSA) is 9.23 Å². The van der Waals surface area contributed by atoms with Crippen LogP contribution in [0.2, 0.25) is 0 Å². The molecule has 0 aliphatic rings. The molecule has 2 nitrogen and oxygen atoms in total. The second kappa shape index (κ2) is 6.55. The highest BCUT2D eigenvalue weighted by atomic mass is 19.0. The normalized spacial score (nSPS) is 10.9. The number of halogens is 1. The van der Waals surface area contributed by atoms with Gasteiger partial charge in [-0.15, -0.1) is 0 Å². The van der Waals surface area contributed by atoms with Crippen molar-refractivity contribution in [2.45, 2.75) is 27.2 Å². The van der Waals surface area contributed by atoms with E-state index in [0.29, 0.717) is 0 Å². The van der Waals surface area contributed by atoms with Gasteiger partial charge in [-0.3, -0.25) is 0 Å². The summed E-state index contributed by atoms with van der Waals surface area (Å²) < 4.78 is 0.802. The van der Waals surface area contributed by atoms with Crippen molar-refractivity contribution in [3.8, 4) is 0 Å². The second-order valence-corrected chi connectivity index (χ2v) is 2.60. The van der Waals surface area contributed by atoms with Crippen LogP contribution in [0.5, 0.6) is 0 Å². The van der Waals surface area contributed by atoms with Crippen LogP contribution in [0.25, 0.3) is 0 Å². The lowest BCUT2D eigenvalue weighted by Gasteiger charge is -2.31.